The Kier molecular flexibility index (Phi) is 5.01. The Balaban J connectivity index is 1.30. The second kappa shape index (κ2) is 7.80. The first-order chi connectivity index (χ1) is 14.2. The van der Waals surface area contributed by atoms with E-state index in [-0.39, 0.29) is 5.56 Å². The lowest BCUT2D eigenvalue weighted by molar-refractivity contribution is -0.915. The smallest absolute Gasteiger partial charge is 0.260 e. The van der Waals surface area contributed by atoms with E-state index in [4.69, 9.17) is 9.72 Å². The van der Waals surface area contributed by atoms with Crippen molar-refractivity contribution in [1.29, 1.82) is 0 Å². The second-order valence-electron chi connectivity index (χ2n) is 7.99. The van der Waals surface area contributed by atoms with Crippen LogP contribution in [0.5, 0.6) is 5.75 Å². The van der Waals surface area contributed by atoms with Crippen molar-refractivity contribution in [3.8, 4) is 5.75 Å². The number of fused-ring (bicyclic) bond motifs is 3. The first-order valence-electron chi connectivity index (χ1n) is 10.5. The van der Waals surface area contributed by atoms with Gasteiger partial charge in [0.05, 0.1) is 44.4 Å². The number of quaternary nitrogens is 1. The van der Waals surface area contributed by atoms with Crippen molar-refractivity contribution in [2.24, 2.45) is 0 Å². The van der Waals surface area contributed by atoms with Crippen molar-refractivity contribution < 1.29 is 9.64 Å². The van der Waals surface area contributed by atoms with E-state index >= 15 is 0 Å². The normalized spacial score (nSPS) is 17.5. The van der Waals surface area contributed by atoms with Crippen LogP contribution in [-0.2, 0) is 19.4 Å². The number of aromatic nitrogens is 2. The maximum atomic E-state index is 12.8. The highest BCUT2D eigenvalue weighted by Crippen LogP contribution is 2.33. The number of H-pyrrole nitrogens is 1. The fourth-order valence-electron chi connectivity index (χ4n) is 4.66. The molecule has 1 fully saturated rings. The van der Waals surface area contributed by atoms with Crippen molar-refractivity contribution in [3.63, 3.8) is 0 Å². The average Bonchev–Trinajstić information content (AvgIpc) is 3.13. The zero-order valence-electron chi connectivity index (χ0n) is 16.8. The zero-order valence-corrected chi connectivity index (χ0v) is 17.6. The molecule has 152 valence electrons. The molecule has 7 heteroatoms. The van der Waals surface area contributed by atoms with Gasteiger partial charge in [-0.3, -0.25) is 4.79 Å². The first kappa shape index (κ1) is 18.6. The molecule has 0 amide bonds. The number of aromatic amines is 1. The zero-order chi connectivity index (χ0) is 19.8. The lowest BCUT2D eigenvalue weighted by atomic mass is 9.97. The minimum absolute atomic E-state index is 0.0523. The summed E-state index contributed by atoms with van der Waals surface area (Å²) in [5, 5.41) is 0.851. The predicted molar refractivity (Wildman–Crippen MR) is 116 cm³/mol. The van der Waals surface area contributed by atoms with Gasteiger partial charge in [0, 0.05) is 4.88 Å². The molecule has 5 rings (SSSR count). The van der Waals surface area contributed by atoms with Crippen LogP contribution in [0.3, 0.4) is 0 Å². The van der Waals surface area contributed by atoms with Gasteiger partial charge < -0.3 is 19.5 Å². The van der Waals surface area contributed by atoms with Gasteiger partial charge in [0.15, 0.2) is 5.82 Å². The Bertz CT molecular complexity index is 1080. The second-order valence-corrected chi connectivity index (χ2v) is 9.07. The van der Waals surface area contributed by atoms with Gasteiger partial charge in [0.2, 0.25) is 0 Å². The quantitative estimate of drug-likeness (QED) is 0.687. The van der Waals surface area contributed by atoms with Gasteiger partial charge in [-0.05, 0) is 43.4 Å². The number of benzene rings is 1. The molecular formula is C22H27N4O2S+. The predicted octanol–water partition coefficient (Wildman–Crippen LogP) is 1.78. The minimum Gasteiger partial charge on any atom is -0.495 e. The van der Waals surface area contributed by atoms with Crippen molar-refractivity contribution in [3.05, 3.63) is 50.9 Å². The Morgan fingerprint density at radius 1 is 1.21 bits per heavy atom. The van der Waals surface area contributed by atoms with E-state index in [0.29, 0.717) is 0 Å². The lowest BCUT2D eigenvalue weighted by Crippen LogP contribution is -3.13. The number of piperazine rings is 1. The summed E-state index contributed by atoms with van der Waals surface area (Å²) in [6.45, 7) is 4.74. The van der Waals surface area contributed by atoms with Gasteiger partial charge in [0.1, 0.15) is 17.1 Å². The van der Waals surface area contributed by atoms with Crippen molar-refractivity contribution >= 4 is 27.2 Å². The number of aryl methyl sites for hydroxylation is 2. The van der Waals surface area contributed by atoms with E-state index in [1.807, 2.05) is 12.1 Å². The SMILES string of the molecule is COc1ccccc1N1CC[NH+](Cc2nc3sc4c(c3c(=O)[nH]2)CCCC4)CC1. The Hall–Kier alpha value is -2.38. The molecule has 0 saturated carbocycles. The fourth-order valence-corrected chi connectivity index (χ4v) is 5.94. The minimum atomic E-state index is 0.0523. The van der Waals surface area contributed by atoms with E-state index in [0.717, 1.165) is 73.0 Å². The van der Waals surface area contributed by atoms with Crippen molar-refractivity contribution in [1.82, 2.24) is 9.97 Å². The number of thiophene rings is 1. The first-order valence-corrected chi connectivity index (χ1v) is 11.3. The fraction of sp³-hybridized carbons (Fsp3) is 0.455. The molecule has 0 spiro atoms. The lowest BCUT2D eigenvalue weighted by Gasteiger charge is -2.34. The van der Waals surface area contributed by atoms with Crippen LogP contribution in [0.2, 0.25) is 0 Å². The van der Waals surface area contributed by atoms with Crippen molar-refractivity contribution in [2.75, 3.05) is 38.2 Å². The third-order valence-corrected chi connectivity index (χ3v) is 7.37. The van der Waals surface area contributed by atoms with Crippen LogP contribution in [0.1, 0.15) is 29.1 Å². The Labute approximate surface area is 174 Å². The molecule has 6 nitrogen and oxygen atoms in total. The van der Waals surface area contributed by atoms with Gasteiger partial charge in [-0.2, -0.15) is 0 Å². The molecule has 1 aliphatic carbocycles. The average molecular weight is 412 g/mol. The summed E-state index contributed by atoms with van der Waals surface area (Å²) in [5.74, 6) is 1.75. The third kappa shape index (κ3) is 3.53. The number of nitrogens with zero attached hydrogens (tertiary/aromatic N) is 2. The molecule has 29 heavy (non-hydrogen) atoms. The van der Waals surface area contributed by atoms with Crippen LogP contribution < -0.4 is 20.1 Å². The Morgan fingerprint density at radius 2 is 2.00 bits per heavy atom. The summed E-state index contributed by atoms with van der Waals surface area (Å²) in [5.41, 5.74) is 2.47. The molecule has 1 aliphatic heterocycles. The van der Waals surface area contributed by atoms with Gasteiger partial charge in [0.25, 0.3) is 5.56 Å². The number of methoxy groups -OCH3 is 1. The maximum absolute atomic E-state index is 12.8. The molecular weight excluding hydrogens is 384 g/mol. The van der Waals surface area contributed by atoms with Gasteiger partial charge in [-0.15, -0.1) is 11.3 Å². The number of nitrogens with one attached hydrogen (secondary N) is 2. The van der Waals surface area contributed by atoms with Crippen LogP contribution in [0.15, 0.2) is 29.1 Å². The Morgan fingerprint density at radius 3 is 2.83 bits per heavy atom. The maximum Gasteiger partial charge on any atom is 0.260 e. The largest absolute Gasteiger partial charge is 0.495 e. The summed E-state index contributed by atoms with van der Waals surface area (Å²) in [7, 11) is 1.72. The van der Waals surface area contributed by atoms with E-state index in [2.05, 4.69) is 22.0 Å². The number of rotatable bonds is 4. The van der Waals surface area contributed by atoms with Crippen LogP contribution in [0.4, 0.5) is 5.69 Å². The molecule has 0 radical (unpaired) electrons. The molecule has 0 atom stereocenters. The number of hydrogen-bond acceptors (Lipinski definition) is 5. The van der Waals surface area contributed by atoms with Gasteiger partial charge in [-0.1, -0.05) is 12.1 Å². The molecule has 0 unspecified atom stereocenters. The van der Waals surface area contributed by atoms with Crippen LogP contribution in [-0.4, -0.2) is 43.3 Å². The highest BCUT2D eigenvalue weighted by molar-refractivity contribution is 7.18. The molecule has 3 aromatic rings. The van der Waals surface area contributed by atoms with Gasteiger partial charge >= 0.3 is 0 Å². The number of anilines is 1. The van der Waals surface area contributed by atoms with Crippen LogP contribution >= 0.6 is 11.3 Å². The standard InChI is InChI=1S/C22H26N4O2S/c1-28-17-8-4-3-7-16(17)26-12-10-25(11-13-26)14-19-23-21(27)20-15-6-2-5-9-18(15)29-22(20)24-19/h3-4,7-8H,2,5-6,9-14H2,1H3,(H,23,24,27)/p+1. The highest BCUT2D eigenvalue weighted by Gasteiger charge is 2.24. The summed E-state index contributed by atoms with van der Waals surface area (Å²) < 4.78 is 5.51. The van der Waals surface area contributed by atoms with E-state index < -0.39 is 0 Å². The summed E-state index contributed by atoms with van der Waals surface area (Å²) in [4.78, 5) is 26.8. The van der Waals surface area contributed by atoms with E-state index in [9.17, 15) is 4.79 Å². The van der Waals surface area contributed by atoms with Crippen LogP contribution in [0, 0.1) is 0 Å². The van der Waals surface area contributed by atoms with E-state index in [1.54, 1.807) is 18.4 Å². The summed E-state index contributed by atoms with van der Waals surface area (Å²) >= 11 is 1.73. The molecule has 3 heterocycles. The molecule has 1 aromatic carbocycles. The van der Waals surface area contributed by atoms with Crippen LogP contribution in [0.25, 0.3) is 10.2 Å². The van der Waals surface area contributed by atoms with Crippen molar-refractivity contribution in [2.45, 2.75) is 32.2 Å². The van der Waals surface area contributed by atoms with E-state index in [1.165, 1.54) is 28.2 Å². The summed E-state index contributed by atoms with van der Waals surface area (Å²) in [6.07, 6.45) is 4.53. The number of hydrogen-bond donors (Lipinski definition) is 2. The third-order valence-electron chi connectivity index (χ3n) is 6.19. The molecule has 2 N–H and O–H groups in total. The monoisotopic (exact) mass is 411 g/mol. The number of para-hydroxylation sites is 2. The summed E-state index contributed by atoms with van der Waals surface area (Å²) in [6, 6.07) is 8.19. The highest BCUT2D eigenvalue weighted by atomic mass is 32.1. The number of ether oxygens (including phenoxy) is 1. The topological polar surface area (TPSA) is 62.7 Å². The molecule has 2 aromatic heterocycles. The molecule has 2 aliphatic rings. The van der Waals surface area contributed by atoms with Gasteiger partial charge in [-0.25, -0.2) is 4.98 Å². The molecule has 1 saturated heterocycles. The molecule has 0 bridgehead atoms.